The van der Waals surface area contributed by atoms with Crippen molar-refractivity contribution in [3.05, 3.63) is 47.7 Å². The van der Waals surface area contributed by atoms with Crippen LogP contribution in [0.4, 0.5) is 11.4 Å². The van der Waals surface area contributed by atoms with Crippen LogP contribution < -0.4 is 15.4 Å². The number of pyridine rings is 1. The second kappa shape index (κ2) is 6.93. The molecular formula is C17H21N3O2. The molecule has 0 aliphatic carbocycles. The SMILES string of the molecule is COc1ccc(NC(C)C(=O)Nc2ccc(C)c(C)c2)cn1. The Morgan fingerprint density at radius 3 is 2.45 bits per heavy atom. The van der Waals surface area contributed by atoms with E-state index in [1.807, 2.05) is 38.1 Å². The van der Waals surface area contributed by atoms with Crippen LogP contribution in [0.5, 0.6) is 5.88 Å². The highest BCUT2D eigenvalue weighted by atomic mass is 16.5. The summed E-state index contributed by atoms with van der Waals surface area (Å²) in [6, 6.07) is 9.06. The average molecular weight is 299 g/mol. The number of hydrogen-bond acceptors (Lipinski definition) is 4. The minimum absolute atomic E-state index is 0.0981. The second-order valence-electron chi connectivity index (χ2n) is 5.24. The molecule has 116 valence electrons. The maximum atomic E-state index is 12.2. The van der Waals surface area contributed by atoms with E-state index in [4.69, 9.17) is 4.74 Å². The Bertz CT molecular complexity index is 653. The van der Waals surface area contributed by atoms with Gasteiger partial charge < -0.3 is 15.4 Å². The van der Waals surface area contributed by atoms with Crippen molar-refractivity contribution in [2.75, 3.05) is 17.7 Å². The first-order valence-corrected chi connectivity index (χ1v) is 7.14. The fraction of sp³-hybridized carbons (Fsp3) is 0.294. The van der Waals surface area contributed by atoms with Gasteiger partial charge in [-0.1, -0.05) is 6.07 Å². The molecule has 0 radical (unpaired) electrons. The fourth-order valence-electron chi connectivity index (χ4n) is 1.97. The second-order valence-corrected chi connectivity index (χ2v) is 5.24. The Kier molecular flexibility index (Phi) is 4.99. The van der Waals surface area contributed by atoms with Crippen molar-refractivity contribution in [1.82, 2.24) is 4.98 Å². The first-order chi connectivity index (χ1) is 10.5. The van der Waals surface area contributed by atoms with Gasteiger partial charge in [-0.3, -0.25) is 4.79 Å². The van der Waals surface area contributed by atoms with Crippen LogP contribution in [0.25, 0.3) is 0 Å². The summed E-state index contributed by atoms with van der Waals surface area (Å²) in [4.78, 5) is 16.3. The molecule has 0 bridgehead atoms. The van der Waals surface area contributed by atoms with Gasteiger partial charge in [-0.2, -0.15) is 0 Å². The number of carbonyl (C=O) groups is 1. The van der Waals surface area contributed by atoms with E-state index >= 15 is 0 Å². The van der Waals surface area contributed by atoms with Gasteiger partial charge in [-0.25, -0.2) is 4.98 Å². The molecule has 2 aromatic rings. The Balaban J connectivity index is 1.97. The normalized spacial score (nSPS) is 11.6. The lowest BCUT2D eigenvalue weighted by molar-refractivity contribution is -0.116. The summed E-state index contributed by atoms with van der Waals surface area (Å²) in [5.74, 6) is 0.442. The van der Waals surface area contributed by atoms with Crippen molar-refractivity contribution in [2.24, 2.45) is 0 Å². The van der Waals surface area contributed by atoms with Gasteiger partial charge in [0.25, 0.3) is 0 Å². The maximum absolute atomic E-state index is 12.2. The van der Waals surface area contributed by atoms with Crippen LogP contribution in [0.2, 0.25) is 0 Å². The number of methoxy groups -OCH3 is 1. The molecule has 1 unspecified atom stereocenters. The van der Waals surface area contributed by atoms with E-state index in [-0.39, 0.29) is 11.9 Å². The average Bonchev–Trinajstić information content (AvgIpc) is 2.51. The molecule has 0 aliphatic heterocycles. The van der Waals surface area contributed by atoms with Gasteiger partial charge in [0, 0.05) is 11.8 Å². The summed E-state index contributed by atoms with van der Waals surface area (Å²) in [6.45, 7) is 5.87. The molecule has 0 saturated carbocycles. The number of carbonyl (C=O) groups excluding carboxylic acids is 1. The van der Waals surface area contributed by atoms with Gasteiger partial charge in [0.05, 0.1) is 19.0 Å². The lowest BCUT2D eigenvalue weighted by Crippen LogP contribution is -2.31. The van der Waals surface area contributed by atoms with E-state index < -0.39 is 0 Å². The molecule has 0 saturated heterocycles. The minimum Gasteiger partial charge on any atom is -0.481 e. The standard InChI is InChI=1S/C17H21N3O2/c1-11-5-6-14(9-12(11)2)20-17(21)13(3)19-15-7-8-16(22-4)18-10-15/h5-10,13,19H,1-4H3,(H,20,21). The summed E-state index contributed by atoms with van der Waals surface area (Å²) in [6.07, 6.45) is 1.64. The molecule has 22 heavy (non-hydrogen) atoms. The van der Waals surface area contributed by atoms with Crippen molar-refractivity contribution in [2.45, 2.75) is 26.8 Å². The van der Waals surface area contributed by atoms with E-state index in [9.17, 15) is 4.79 Å². The Morgan fingerprint density at radius 1 is 1.14 bits per heavy atom. The highest BCUT2D eigenvalue weighted by Crippen LogP contribution is 2.16. The zero-order valence-corrected chi connectivity index (χ0v) is 13.3. The lowest BCUT2D eigenvalue weighted by atomic mass is 10.1. The van der Waals surface area contributed by atoms with Crippen LogP contribution in [0.15, 0.2) is 36.5 Å². The summed E-state index contributed by atoms with van der Waals surface area (Å²) in [7, 11) is 1.56. The summed E-state index contributed by atoms with van der Waals surface area (Å²) < 4.78 is 5.00. The molecule has 1 aromatic carbocycles. The van der Waals surface area contributed by atoms with Gasteiger partial charge >= 0.3 is 0 Å². The van der Waals surface area contributed by atoms with Crippen molar-refractivity contribution < 1.29 is 9.53 Å². The molecule has 0 fully saturated rings. The van der Waals surface area contributed by atoms with Crippen LogP contribution >= 0.6 is 0 Å². The Hall–Kier alpha value is -2.56. The van der Waals surface area contributed by atoms with Crippen molar-refractivity contribution in [3.8, 4) is 5.88 Å². The molecule has 0 spiro atoms. The van der Waals surface area contributed by atoms with E-state index in [2.05, 4.69) is 15.6 Å². The number of aromatic nitrogens is 1. The Labute approximate surface area is 130 Å². The first kappa shape index (κ1) is 15.8. The fourth-order valence-corrected chi connectivity index (χ4v) is 1.97. The van der Waals surface area contributed by atoms with Gasteiger partial charge in [-0.05, 0) is 50.1 Å². The van der Waals surface area contributed by atoms with Crippen molar-refractivity contribution in [3.63, 3.8) is 0 Å². The monoisotopic (exact) mass is 299 g/mol. The van der Waals surface area contributed by atoms with Crippen LogP contribution in [0.3, 0.4) is 0 Å². The summed E-state index contributed by atoms with van der Waals surface area (Å²) in [5.41, 5.74) is 3.92. The predicted molar refractivity (Wildman–Crippen MR) is 88.4 cm³/mol. The quantitative estimate of drug-likeness (QED) is 0.890. The number of nitrogens with zero attached hydrogens (tertiary/aromatic N) is 1. The molecule has 0 aliphatic rings. The molecule has 1 heterocycles. The van der Waals surface area contributed by atoms with E-state index in [1.165, 1.54) is 5.56 Å². The molecule has 1 amide bonds. The molecule has 1 aromatic heterocycles. The molecule has 2 rings (SSSR count). The number of amides is 1. The number of ether oxygens (including phenoxy) is 1. The molecule has 5 heteroatoms. The smallest absolute Gasteiger partial charge is 0.246 e. The zero-order valence-electron chi connectivity index (χ0n) is 13.3. The molecule has 2 N–H and O–H groups in total. The van der Waals surface area contributed by atoms with Crippen LogP contribution in [-0.2, 0) is 4.79 Å². The van der Waals surface area contributed by atoms with Gasteiger partial charge in [0.1, 0.15) is 6.04 Å². The zero-order chi connectivity index (χ0) is 16.1. The van der Waals surface area contributed by atoms with Crippen LogP contribution in [-0.4, -0.2) is 24.0 Å². The Morgan fingerprint density at radius 2 is 1.86 bits per heavy atom. The number of anilines is 2. The van der Waals surface area contributed by atoms with Gasteiger partial charge in [-0.15, -0.1) is 0 Å². The predicted octanol–water partition coefficient (Wildman–Crippen LogP) is 3.15. The molecular weight excluding hydrogens is 278 g/mol. The van der Waals surface area contributed by atoms with Crippen molar-refractivity contribution >= 4 is 17.3 Å². The van der Waals surface area contributed by atoms with E-state index in [1.54, 1.807) is 26.3 Å². The summed E-state index contributed by atoms with van der Waals surface area (Å²) >= 11 is 0. The topological polar surface area (TPSA) is 63.2 Å². The number of rotatable bonds is 5. The minimum atomic E-state index is -0.378. The lowest BCUT2D eigenvalue weighted by Gasteiger charge is -2.15. The van der Waals surface area contributed by atoms with E-state index in [0.29, 0.717) is 5.88 Å². The highest BCUT2D eigenvalue weighted by Gasteiger charge is 2.13. The molecule has 5 nitrogen and oxygen atoms in total. The third kappa shape index (κ3) is 3.97. The number of hydrogen-bond donors (Lipinski definition) is 2. The third-order valence-corrected chi connectivity index (χ3v) is 3.50. The van der Waals surface area contributed by atoms with Crippen LogP contribution in [0.1, 0.15) is 18.1 Å². The highest BCUT2D eigenvalue weighted by molar-refractivity contribution is 5.96. The number of benzene rings is 1. The number of aryl methyl sites for hydroxylation is 2. The number of nitrogens with one attached hydrogen (secondary N) is 2. The largest absolute Gasteiger partial charge is 0.481 e. The molecule has 1 atom stereocenters. The first-order valence-electron chi connectivity index (χ1n) is 7.14. The van der Waals surface area contributed by atoms with Crippen molar-refractivity contribution in [1.29, 1.82) is 0 Å². The maximum Gasteiger partial charge on any atom is 0.246 e. The van der Waals surface area contributed by atoms with Gasteiger partial charge in [0.2, 0.25) is 11.8 Å². The van der Waals surface area contributed by atoms with Crippen LogP contribution in [0, 0.1) is 13.8 Å². The summed E-state index contributed by atoms with van der Waals surface area (Å²) in [5, 5.41) is 6.02. The van der Waals surface area contributed by atoms with Gasteiger partial charge in [0.15, 0.2) is 0 Å². The third-order valence-electron chi connectivity index (χ3n) is 3.50. The van der Waals surface area contributed by atoms with E-state index in [0.717, 1.165) is 16.9 Å².